The molecular formula is C14H19ClN4. The van der Waals surface area contributed by atoms with Crippen molar-refractivity contribution in [2.75, 3.05) is 19.6 Å². The minimum atomic E-state index is -0.0900. The monoisotopic (exact) mass is 278 g/mol. The van der Waals surface area contributed by atoms with Crippen molar-refractivity contribution in [3.05, 3.63) is 24.2 Å². The summed E-state index contributed by atoms with van der Waals surface area (Å²) in [6, 6.07) is 3.92. The fourth-order valence-electron chi connectivity index (χ4n) is 2.75. The predicted molar refractivity (Wildman–Crippen MR) is 77.5 cm³/mol. The highest BCUT2D eigenvalue weighted by Gasteiger charge is 2.17. The molecule has 1 fully saturated rings. The number of hydrogen-bond acceptors (Lipinski definition) is 3. The van der Waals surface area contributed by atoms with E-state index in [1.165, 1.54) is 25.9 Å². The highest BCUT2D eigenvalue weighted by molar-refractivity contribution is 6.20. The van der Waals surface area contributed by atoms with Crippen LogP contribution in [0.4, 0.5) is 0 Å². The van der Waals surface area contributed by atoms with Crippen molar-refractivity contribution in [3.8, 4) is 0 Å². The first-order valence-electron chi connectivity index (χ1n) is 6.93. The average Bonchev–Trinajstić information content (AvgIpc) is 3.03. The van der Waals surface area contributed by atoms with Crippen LogP contribution in [0.1, 0.15) is 31.0 Å². The molecule has 0 aliphatic carbocycles. The summed E-state index contributed by atoms with van der Waals surface area (Å²) in [6.07, 6.45) is 4.46. The molecule has 4 nitrogen and oxygen atoms in total. The number of hydrogen-bond donors (Lipinski definition) is 0. The predicted octanol–water partition coefficient (Wildman–Crippen LogP) is 2.83. The fourth-order valence-corrected chi connectivity index (χ4v) is 2.91. The van der Waals surface area contributed by atoms with Crippen LogP contribution in [0.5, 0.6) is 0 Å². The van der Waals surface area contributed by atoms with Crippen LogP contribution in [-0.4, -0.2) is 39.1 Å². The second kappa shape index (κ2) is 5.47. The number of halogens is 1. The lowest BCUT2D eigenvalue weighted by Gasteiger charge is -2.16. The lowest BCUT2D eigenvalue weighted by Crippen LogP contribution is -2.24. The Morgan fingerprint density at radius 3 is 2.84 bits per heavy atom. The van der Waals surface area contributed by atoms with E-state index in [1.807, 2.05) is 25.3 Å². The molecule has 0 aromatic carbocycles. The molecule has 0 bridgehead atoms. The van der Waals surface area contributed by atoms with Gasteiger partial charge in [0, 0.05) is 19.3 Å². The van der Waals surface area contributed by atoms with E-state index < -0.39 is 0 Å². The molecule has 0 radical (unpaired) electrons. The largest absolute Gasteiger partial charge is 0.310 e. The lowest BCUT2D eigenvalue weighted by atomic mass is 10.4. The van der Waals surface area contributed by atoms with E-state index in [-0.39, 0.29) is 5.38 Å². The zero-order valence-electron chi connectivity index (χ0n) is 11.2. The van der Waals surface area contributed by atoms with Crippen LogP contribution in [-0.2, 0) is 6.54 Å². The lowest BCUT2D eigenvalue weighted by molar-refractivity contribution is 0.322. The average molecular weight is 279 g/mol. The molecule has 102 valence electrons. The number of fused-ring (bicyclic) bond motifs is 1. The van der Waals surface area contributed by atoms with Gasteiger partial charge in [0.15, 0.2) is 5.65 Å². The first kappa shape index (κ1) is 12.9. The van der Waals surface area contributed by atoms with E-state index in [1.54, 1.807) is 0 Å². The number of pyridine rings is 1. The first-order valence-corrected chi connectivity index (χ1v) is 7.37. The van der Waals surface area contributed by atoms with Gasteiger partial charge >= 0.3 is 0 Å². The molecule has 1 atom stereocenters. The first-order chi connectivity index (χ1) is 9.25. The van der Waals surface area contributed by atoms with Crippen LogP contribution in [0.15, 0.2) is 18.3 Å². The molecule has 1 aliphatic rings. The Bertz CT molecular complexity index is 558. The summed E-state index contributed by atoms with van der Waals surface area (Å²) in [4.78, 5) is 11.6. The summed E-state index contributed by atoms with van der Waals surface area (Å²) in [7, 11) is 0. The van der Waals surface area contributed by atoms with Crippen molar-refractivity contribution in [1.82, 2.24) is 19.4 Å². The summed E-state index contributed by atoms with van der Waals surface area (Å²) in [6.45, 7) is 6.37. The number of aromatic nitrogens is 3. The van der Waals surface area contributed by atoms with Crippen molar-refractivity contribution in [1.29, 1.82) is 0 Å². The zero-order valence-corrected chi connectivity index (χ0v) is 12.0. The second-order valence-corrected chi connectivity index (χ2v) is 5.79. The van der Waals surface area contributed by atoms with Crippen molar-refractivity contribution in [3.63, 3.8) is 0 Å². The van der Waals surface area contributed by atoms with Crippen LogP contribution in [0.25, 0.3) is 11.2 Å². The summed E-state index contributed by atoms with van der Waals surface area (Å²) < 4.78 is 2.17. The standard InChI is InChI=1S/C14H19ClN4/c1-11(15)13-17-12-5-4-6-16-14(12)19(13)10-9-18-7-2-3-8-18/h4-6,11H,2-3,7-10H2,1H3. The molecule has 2 aromatic heterocycles. The van der Waals surface area contributed by atoms with Gasteiger partial charge in [0.2, 0.25) is 0 Å². The smallest absolute Gasteiger partial charge is 0.160 e. The molecule has 1 aliphatic heterocycles. The topological polar surface area (TPSA) is 34.0 Å². The second-order valence-electron chi connectivity index (χ2n) is 5.13. The van der Waals surface area contributed by atoms with Crippen molar-refractivity contribution in [2.24, 2.45) is 0 Å². The van der Waals surface area contributed by atoms with Gasteiger partial charge in [0.05, 0.1) is 5.38 Å². The zero-order chi connectivity index (χ0) is 13.2. The number of likely N-dealkylation sites (tertiary alicyclic amines) is 1. The van der Waals surface area contributed by atoms with E-state index >= 15 is 0 Å². The molecule has 0 amide bonds. The number of rotatable bonds is 4. The Kier molecular flexibility index (Phi) is 3.71. The maximum absolute atomic E-state index is 6.25. The van der Waals surface area contributed by atoms with Gasteiger partial charge in [-0.2, -0.15) is 0 Å². The van der Waals surface area contributed by atoms with Gasteiger partial charge in [0.25, 0.3) is 0 Å². The molecule has 3 rings (SSSR count). The molecule has 1 unspecified atom stereocenters. The Morgan fingerprint density at radius 2 is 2.11 bits per heavy atom. The molecular weight excluding hydrogens is 260 g/mol. The maximum atomic E-state index is 6.25. The van der Waals surface area contributed by atoms with Gasteiger partial charge in [-0.25, -0.2) is 9.97 Å². The van der Waals surface area contributed by atoms with Crippen molar-refractivity contribution < 1.29 is 0 Å². The Balaban J connectivity index is 1.88. The Labute approximate surface area is 118 Å². The van der Waals surface area contributed by atoms with Crippen molar-refractivity contribution >= 4 is 22.8 Å². The van der Waals surface area contributed by atoms with Gasteiger partial charge in [-0.1, -0.05) is 0 Å². The number of alkyl halides is 1. The third-order valence-electron chi connectivity index (χ3n) is 3.73. The minimum absolute atomic E-state index is 0.0900. The molecule has 0 saturated carbocycles. The van der Waals surface area contributed by atoms with Crippen LogP contribution in [0, 0.1) is 0 Å². The molecule has 2 aromatic rings. The van der Waals surface area contributed by atoms with Gasteiger partial charge < -0.3 is 9.47 Å². The Hall–Kier alpha value is -1.13. The van der Waals surface area contributed by atoms with Crippen LogP contribution in [0.3, 0.4) is 0 Å². The SMILES string of the molecule is CC(Cl)c1nc2cccnc2n1CCN1CCCC1. The summed E-state index contributed by atoms with van der Waals surface area (Å²) in [5, 5.41) is -0.0900. The maximum Gasteiger partial charge on any atom is 0.160 e. The number of imidazole rings is 1. The minimum Gasteiger partial charge on any atom is -0.310 e. The van der Waals surface area contributed by atoms with Gasteiger partial charge in [-0.3, -0.25) is 0 Å². The van der Waals surface area contributed by atoms with Crippen molar-refractivity contribution in [2.45, 2.75) is 31.7 Å². The van der Waals surface area contributed by atoms with Gasteiger partial charge in [0.1, 0.15) is 11.3 Å². The molecule has 19 heavy (non-hydrogen) atoms. The highest BCUT2D eigenvalue weighted by atomic mass is 35.5. The molecule has 1 saturated heterocycles. The fraction of sp³-hybridized carbons (Fsp3) is 0.571. The van der Waals surface area contributed by atoms with Crippen LogP contribution < -0.4 is 0 Å². The Morgan fingerprint density at radius 1 is 1.32 bits per heavy atom. The molecule has 5 heteroatoms. The van der Waals surface area contributed by atoms with E-state index in [9.17, 15) is 0 Å². The molecule has 0 spiro atoms. The van der Waals surface area contributed by atoms with E-state index in [0.717, 1.165) is 30.1 Å². The molecule has 0 N–H and O–H groups in total. The van der Waals surface area contributed by atoms with E-state index in [0.29, 0.717) is 0 Å². The summed E-state index contributed by atoms with van der Waals surface area (Å²) >= 11 is 6.25. The van der Waals surface area contributed by atoms with Gasteiger partial charge in [-0.05, 0) is 45.0 Å². The third-order valence-corrected chi connectivity index (χ3v) is 3.92. The third kappa shape index (κ3) is 2.60. The molecule has 3 heterocycles. The number of nitrogens with zero attached hydrogens (tertiary/aromatic N) is 4. The van der Waals surface area contributed by atoms with Gasteiger partial charge in [-0.15, -0.1) is 11.6 Å². The van der Waals surface area contributed by atoms with E-state index in [2.05, 4.69) is 19.4 Å². The summed E-state index contributed by atoms with van der Waals surface area (Å²) in [5.74, 6) is 0.926. The van der Waals surface area contributed by atoms with Crippen LogP contribution in [0.2, 0.25) is 0 Å². The quantitative estimate of drug-likeness (QED) is 0.807. The summed E-state index contributed by atoms with van der Waals surface area (Å²) in [5.41, 5.74) is 1.88. The highest BCUT2D eigenvalue weighted by Crippen LogP contribution is 2.23. The normalized spacial score (nSPS) is 18.2. The van der Waals surface area contributed by atoms with E-state index in [4.69, 9.17) is 11.6 Å². The van der Waals surface area contributed by atoms with Crippen LogP contribution >= 0.6 is 11.6 Å².